The summed E-state index contributed by atoms with van der Waals surface area (Å²) in [4.78, 5) is 0. The SMILES string of the molecule is C#C/C(C/C=C\C=C/C(C)C)=C(\C=C/CCC)CCC. The van der Waals surface area contributed by atoms with Crippen LogP contribution in [0.1, 0.15) is 59.8 Å². The molecule has 0 heterocycles. The molecule has 0 aliphatic rings. The van der Waals surface area contributed by atoms with E-state index in [-0.39, 0.29) is 0 Å². The summed E-state index contributed by atoms with van der Waals surface area (Å²) >= 11 is 0. The van der Waals surface area contributed by atoms with Crippen molar-refractivity contribution < 1.29 is 0 Å². The molecule has 0 aromatic carbocycles. The van der Waals surface area contributed by atoms with Gasteiger partial charge in [0.2, 0.25) is 0 Å². The van der Waals surface area contributed by atoms with Crippen LogP contribution in [0.3, 0.4) is 0 Å². The van der Waals surface area contributed by atoms with Gasteiger partial charge in [0, 0.05) is 5.57 Å². The van der Waals surface area contributed by atoms with E-state index in [0.29, 0.717) is 5.92 Å². The maximum Gasteiger partial charge on any atom is 0.00872 e. The second kappa shape index (κ2) is 12.5. The van der Waals surface area contributed by atoms with Gasteiger partial charge in [0.05, 0.1) is 0 Å². The summed E-state index contributed by atoms with van der Waals surface area (Å²) in [6.07, 6.45) is 24.0. The van der Waals surface area contributed by atoms with Crippen molar-refractivity contribution in [3.63, 3.8) is 0 Å². The van der Waals surface area contributed by atoms with Crippen LogP contribution < -0.4 is 0 Å². The van der Waals surface area contributed by atoms with E-state index >= 15 is 0 Å². The Morgan fingerprint density at radius 1 is 1.10 bits per heavy atom. The van der Waals surface area contributed by atoms with Crippen molar-refractivity contribution in [3.05, 3.63) is 47.6 Å². The van der Waals surface area contributed by atoms with Crippen LogP contribution in [0.25, 0.3) is 0 Å². The van der Waals surface area contributed by atoms with Gasteiger partial charge in [-0.1, -0.05) is 82.9 Å². The Labute approximate surface area is 126 Å². The zero-order valence-electron chi connectivity index (χ0n) is 13.7. The molecule has 0 unspecified atom stereocenters. The molecule has 20 heavy (non-hydrogen) atoms. The number of hydrogen-bond acceptors (Lipinski definition) is 0. The molecule has 0 rings (SSSR count). The Hall–Kier alpha value is -1.48. The molecule has 0 aliphatic carbocycles. The third-order valence-electron chi connectivity index (χ3n) is 2.92. The van der Waals surface area contributed by atoms with E-state index < -0.39 is 0 Å². The van der Waals surface area contributed by atoms with E-state index in [2.05, 4.69) is 70.1 Å². The number of unbranched alkanes of at least 4 members (excludes halogenated alkanes) is 1. The third kappa shape index (κ3) is 9.45. The summed E-state index contributed by atoms with van der Waals surface area (Å²) in [6, 6.07) is 0. The zero-order chi connectivity index (χ0) is 15.2. The maximum atomic E-state index is 5.68. The highest BCUT2D eigenvalue weighted by molar-refractivity contribution is 5.39. The van der Waals surface area contributed by atoms with Crippen molar-refractivity contribution >= 4 is 0 Å². The summed E-state index contributed by atoms with van der Waals surface area (Å²) in [5.74, 6) is 3.46. The van der Waals surface area contributed by atoms with Crippen molar-refractivity contribution in [1.82, 2.24) is 0 Å². The van der Waals surface area contributed by atoms with Crippen molar-refractivity contribution in [2.75, 3.05) is 0 Å². The van der Waals surface area contributed by atoms with Crippen LogP contribution in [0, 0.1) is 18.3 Å². The highest BCUT2D eigenvalue weighted by atomic mass is 14.0. The normalized spacial score (nSPS) is 13.6. The molecular weight excluding hydrogens is 240 g/mol. The molecule has 0 heteroatoms. The molecule has 0 spiro atoms. The molecule has 0 aliphatic heterocycles. The zero-order valence-corrected chi connectivity index (χ0v) is 13.7. The first-order chi connectivity index (χ1) is 9.65. The number of terminal acetylenes is 1. The number of allylic oxidation sites excluding steroid dienone is 8. The molecule has 0 saturated carbocycles. The van der Waals surface area contributed by atoms with Gasteiger partial charge >= 0.3 is 0 Å². The topological polar surface area (TPSA) is 0 Å². The van der Waals surface area contributed by atoms with Crippen LogP contribution >= 0.6 is 0 Å². The van der Waals surface area contributed by atoms with Gasteiger partial charge < -0.3 is 0 Å². The molecule has 0 amide bonds. The second-order valence-corrected chi connectivity index (χ2v) is 5.35. The number of hydrogen-bond donors (Lipinski definition) is 0. The summed E-state index contributed by atoms with van der Waals surface area (Å²) < 4.78 is 0. The Bertz CT molecular complexity index is 394. The van der Waals surface area contributed by atoms with Gasteiger partial charge in [-0.15, -0.1) is 6.42 Å². The summed E-state index contributed by atoms with van der Waals surface area (Å²) in [5, 5.41) is 0. The van der Waals surface area contributed by atoms with Crippen LogP contribution in [0.2, 0.25) is 0 Å². The highest BCUT2D eigenvalue weighted by Gasteiger charge is 1.99. The minimum Gasteiger partial charge on any atom is -0.115 e. The Morgan fingerprint density at radius 2 is 1.85 bits per heavy atom. The lowest BCUT2D eigenvalue weighted by Gasteiger charge is -2.05. The molecule has 0 radical (unpaired) electrons. The van der Waals surface area contributed by atoms with Crippen molar-refractivity contribution in [1.29, 1.82) is 0 Å². The Morgan fingerprint density at radius 3 is 2.40 bits per heavy atom. The summed E-state index contributed by atoms with van der Waals surface area (Å²) in [5.41, 5.74) is 2.44. The fourth-order valence-corrected chi connectivity index (χ4v) is 1.83. The largest absolute Gasteiger partial charge is 0.115 e. The third-order valence-corrected chi connectivity index (χ3v) is 2.92. The summed E-state index contributed by atoms with van der Waals surface area (Å²) in [6.45, 7) is 8.74. The van der Waals surface area contributed by atoms with Crippen molar-refractivity contribution in [3.8, 4) is 12.3 Å². The predicted octanol–water partition coefficient (Wildman–Crippen LogP) is 6.23. The second-order valence-electron chi connectivity index (χ2n) is 5.35. The average Bonchev–Trinajstić information content (AvgIpc) is 2.42. The maximum absolute atomic E-state index is 5.68. The van der Waals surface area contributed by atoms with Crippen LogP contribution in [0.15, 0.2) is 47.6 Å². The van der Waals surface area contributed by atoms with Crippen molar-refractivity contribution in [2.24, 2.45) is 5.92 Å². The molecule has 0 saturated heterocycles. The molecule has 110 valence electrons. The average molecular weight is 270 g/mol. The van der Waals surface area contributed by atoms with Gasteiger partial charge in [0.15, 0.2) is 0 Å². The highest BCUT2D eigenvalue weighted by Crippen LogP contribution is 2.16. The van der Waals surface area contributed by atoms with E-state index in [1.165, 1.54) is 12.0 Å². The van der Waals surface area contributed by atoms with Gasteiger partial charge in [-0.2, -0.15) is 0 Å². The standard InChI is InChI=1S/C20H30/c1-6-9-11-17-20(14-7-2)19(8-3)16-13-10-12-15-18(4)5/h3,10-13,15,17-18H,6-7,9,14,16H2,1-2,4-5H3/b13-10-,15-12-,17-11-,20-19+. The summed E-state index contributed by atoms with van der Waals surface area (Å²) in [7, 11) is 0. The van der Waals surface area contributed by atoms with Gasteiger partial charge in [-0.3, -0.25) is 0 Å². The van der Waals surface area contributed by atoms with E-state index in [0.717, 1.165) is 31.3 Å². The first kappa shape index (κ1) is 18.5. The molecule has 0 nitrogen and oxygen atoms in total. The van der Waals surface area contributed by atoms with Crippen LogP contribution in [-0.4, -0.2) is 0 Å². The minimum absolute atomic E-state index is 0.593. The first-order valence-electron chi connectivity index (χ1n) is 7.84. The quantitative estimate of drug-likeness (QED) is 0.344. The lowest BCUT2D eigenvalue weighted by molar-refractivity contribution is 0.832. The van der Waals surface area contributed by atoms with Crippen molar-refractivity contribution in [2.45, 2.75) is 59.8 Å². The van der Waals surface area contributed by atoms with Gasteiger partial charge in [-0.05, 0) is 30.8 Å². The number of rotatable bonds is 9. The smallest absolute Gasteiger partial charge is 0.00872 e. The fraction of sp³-hybridized carbons (Fsp3) is 0.500. The molecule has 0 aromatic rings. The molecule has 0 atom stereocenters. The first-order valence-corrected chi connectivity index (χ1v) is 7.84. The minimum atomic E-state index is 0.593. The van der Waals surface area contributed by atoms with Crippen LogP contribution in [0.4, 0.5) is 0 Å². The van der Waals surface area contributed by atoms with Crippen LogP contribution in [0.5, 0.6) is 0 Å². The van der Waals surface area contributed by atoms with Gasteiger partial charge in [-0.25, -0.2) is 0 Å². The molecule has 0 N–H and O–H groups in total. The molecule has 0 fully saturated rings. The van der Waals surface area contributed by atoms with E-state index in [4.69, 9.17) is 6.42 Å². The predicted molar refractivity (Wildman–Crippen MR) is 92.6 cm³/mol. The van der Waals surface area contributed by atoms with Crippen LogP contribution in [-0.2, 0) is 0 Å². The lowest BCUT2D eigenvalue weighted by Crippen LogP contribution is -1.87. The lowest BCUT2D eigenvalue weighted by atomic mass is 10.00. The van der Waals surface area contributed by atoms with E-state index in [1.807, 2.05) is 0 Å². The molecular formula is C20H30. The van der Waals surface area contributed by atoms with Gasteiger partial charge in [0.25, 0.3) is 0 Å². The molecule has 0 aromatic heterocycles. The van der Waals surface area contributed by atoms with E-state index in [1.54, 1.807) is 0 Å². The molecule has 0 bridgehead atoms. The van der Waals surface area contributed by atoms with Gasteiger partial charge in [0.1, 0.15) is 0 Å². The fourth-order valence-electron chi connectivity index (χ4n) is 1.83. The monoisotopic (exact) mass is 270 g/mol. The Balaban J connectivity index is 4.77. The van der Waals surface area contributed by atoms with E-state index in [9.17, 15) is 0 Å². The Kier molecular flexibility index (Phi) is 11.6.